The lowest BCUT2D eigenvalue weighted by atomic mass is 9.73. The van der Waals surface area contributed by atoms with Crippen LogP contribution in [0.3, 0.4) is 0 Å². The highest BCUT2D eigenvalue weighted by atomic mass is 19.1. The number of hydrogen-bond acceptors (Lipinski definition) is 1. The van der Waals surface area contributed by atoms with Gasteiger partial charge in [0.1, 0.15) is 5.82 Å². The summed E-state index contributed by atoms with van der Waals surface area (Å²) in [5.74, 6) is -0.0677. The fourth-order valence-corrected chi connectivity index (χ4v) is 2.16. The van der Waals surface area contributed by atoms with Crippen LogP contribution in [0.25, 0.3) is 0 Å². The fourth-order valence-electron chi connectivity index (χ4n) is 2.16. The Kier molecular flexibility index (Phi) is 2.31. The van der Waals surface area contributed by atoms with Crippen LogP contribution in [0, 0.1) is 11.2 Å². The van der Waals surface area contributed by atoms with Gasteiger partial charge in [-0.05, 0) is 48.4 Å². The molecule has 0 saturated carbocycles. The summed E-state index contributed by atoms with van der Waals surface area (Å²) in [5, 5.41) is 0. The zero-order valence-corrected chi connectivity index (χ0v) is 8.52. The minimum absolute atomic E-state index is 0.0677. The van der Waals surface area contributed by atoms with E-state index in [4.69, 9.17) is 5.73 Å². The summed E-state index contributed by atoms with van der Waals surface area (Å²) in [6.45, 7) is 2.78. The van der Waals surface area contributed by atoms with E-state index < -0.39 is 0 Å². The molecule has 0 heterocycles. The second-order valence-corrected chi connectivity index (χ2v) is 4.57. The van der Waals surface area contributed by atoms with Crippen molar-refractivity contribution in [3.05, 3.63) is 35.1 Å². The van der Waals surface area contributed by atoms with Crippen LogP contribution in [0.2, 0.25) is 0 Å². The summed E-state index contributed by atoms with van der Waals surface area (Å²) in [6, 6.07) is 5.36. The third-order valence-electron chi connectivity index (χ3n) is 3.31. The van der Waals surface area contributed by atoms with Crippen molar-refractivity contribution in [2.45, 2.75) is 26.2 Å². The second kappa shape index (κ2) is 3.35. The van der Waals surface area contributed by atoms with Crippen LogP contribution < -0.4 is 5.73 Å². The number of hydrogen-bond donors (Lipinski definition) is 1. The fraction of sp³-hybridized carbons (Fsp3) is 0.500. The normalized spacial score (nSPS) is 25.9. The molecule has 1 aromatic rings. The van der Waals surface area contributed by atoms with E-state index in [9.17, 15) is 4.39 Å². The number of benzene rings is 1. The first-order chi connectivity index (χ1) is 6.64. The van der Waals surface area contributed by atoms with Gasteiger partial charge >= 0.3 is 0 Å². The van der Waals surface area contributed by atoms with Crippen molar-refractivity contribution in [2.75, 3.05) is 6.54 Å². The monoisotopic (exact) mass is 193 g/mol. The molecule has 0 spiro atoms. The van der Waals surface area contributed by atoms with Gasteiger partial charge < -0.3 is 5.73 Å². The van der Waals surface area contributed by atoms with Gasteiger partial charge in [-0.25, -0.2) is 4.39 Å². The lowest BCUT2D eigenvalue weighted by Crippen LogP contribution is -2.33. The Morgan fingerprint density at radius 2 is 2.29 bits per heavy atom. The summed E-state index contributed by atoms with van der Waals surface area (Å²) in [6.07, 6.45) is 2.81. The summed E-state index contributed by atoms with van der Waals surface area (Å²) < 4.78 is 13.5. The molecule has 1 aliphatic carbocycles. The van der Waals surface area contributed by atoms with E-state index >= 15 is 0 Å². The molecule has 0 aliphatic heterocycles. The zero-order chi connectivity index (χ0) is 10.2. The van der Waals surface area contributed by atoms with E-state index in [0.29, 0.717) is 6.54 Å². The van der Waals surface area contributed by atoms with Crippen molar-refractivity contribution < 1.29 is 4.39 Å². The Bertz CT molecular complexity index is 348. The molecular formula is C12H16FN. The van der Waals surface area contributed by atoms with Gasteiger partial charge in [0.05, 0.1) is 0 Å². The predicted molar refractivity (Wildman–Crippen MR) is 55.6 cm³/mol. The van der Waals surface area contributed by atoms with Crippen molar-refractivity contribution in [1.29, 1.82) is 0 Å². The molecule has 2 rings (SSSR count). The van der Waals surface area contributed by atoms with Gasteiger partial charge in [-0.1, -0.05) is 19.1 Å². The molecule has 0 saturated heterocycles. The highest BCUT2D eigenvalue weighted by Gasteiger charge is 2.29. The highest BCUT2D eigenvalue weighted by Crippen LogP contribution is 2.35. The molecule has 1 aliphatic rings. The van der Waals surface area contributed by atoms with Crippen molar-refractivity contribution in [1.82, 2.24) is 0 Å². The molecule has 1 unspecified atom stereocenters. The number of aryl methyl sites for hydroxylation is 1. The topological polar surface area (TPSA) is 26.0 Å². The summed E-state index contributed by atoms with van der Waals surface area (Å²) >= 11 is 0. The SMILES string of the molecule is CC1(CN)CCc2cccc(F)c2C1. The summed E-state index contributed by atoms with van der Waals surface area (Å²) in [5.41, 5.74) is 7.86. The molecule has 1 nitrogen and oxygen atoms in total. The third kappa shape index (κ3) is 1.55. The van der Waals surface area contributed by atoms with Crippen LogP contribution >= 0.6 is 0 Å². The summed E-state index contributed by atoms with van der Waals surface area (Å²) in [4.78, 5) is 0. The molecule has 0 aromatic heterocycles. The van der Waals surface area contributed by atoms with Gasteiger partial charge in [-0.3, -0.25) is 0 Å². The smallest absolute Gasteiger partial charge is 0.126 e. The minimum Gasteiger partial charge on any atom is -0.330 e. The van der Waals surface area contributed by atoms with E-state index in [2.05, 4.69) is 6.92 Å². The maximum absolute atomic E-state index is 13.5. The van der Waals surface area contributed by atoms with Crippen molar-refractivity contribution >= 4 is 0 Å². The number of nitrogens with two attached hydrogens (primary N) is 1. The molecule has 2 heteroatoms. The number of halogens is 1. The standard InChI is InChI=1S/C12H16FN/c1-12(8-14)6-5-9-3-2-4-11(13)10(9)7-12/h2-4H,5-8,14H2,1H3. The number of fused-ring (bicyclic) bond motifs is 1. The van der Waals surface area contributed by atoms with Gasteiger partial charge in [0.2, 0.25) is 0 Å². The Morgan fingerprint density at radius 1 is 1.50 bits per heavy atom. The van der Waals surface area contributed by atoms with Crippen LogP contribution in [0.4, 0.5) is 4.39 Å². The van der Waals surface area contributed by atoms with Gasteiger partial charge in [-0.15, -0.1) is 0 Å². The lowest BCUT2D eigenvalue weighted by Gasteiger charge is -2.33. The first kappa shape index (κ1) is 9.66. The van der Waals surface area contributed by atoms with Gasteiger partial charge in [0, 0.05) is 0 Å². The minimum atomic E-state index is -0.0677. The van der Waals surface area contributed by atoms with Crippen LogP contribution in [-0.4, -0.2) is 6.54 Å². The third-order valence-corrected chi connectivity index (χ3v) is 3.31. The molecule has 1 aromatic carbocycles. The van der Waals surface area contributed by atoms with Gasteiger partial charge in [0.25, 0.3) is 0 Å². The van der Waals surface area contributed by atoms with E-state index in [1.165, 1.54) is 0 Å². The van der Waals surface area contributed by atoms with Crippen LogP contribution in [0.5, 0.6) is 0 Å². The maximum atomic E-state index is 13.5. The van der Waals surface area contributed by atoms with Gasteiger partial charge in [-0.2, -0.15) is 0 Å². The zero-order valence-electron chi connectivity index (χ0n) is 8.52. The Hall–Kier alpha value is -0.890. The van der Waals surface area contributed by atoms with Crippen molar-refractivity contribution in [3.63, 3.8) is 0 Å². The van der Waals surface area contributed by atoms with E-state index in [-0.39, 0.29) is 11.2 Å². The van der Waals surface area contributed by atoms with Crippen LogP contribution in [0.15, 0.2) is 18.2 Å². The molecule has 76 valence electrons. The first-order valence-corrected chi connectivity index (χ1v) is 5.11. The highest BCUT2D eigenvalue weighted by molar-refractivity contribution is 5.32. The molecule has 0 bridgehead atoms. The number of rotatable bonds is 1. The molecule has 2 N–H and O–H groups in total. The predicted octanol–water partition coefficient (Wildman–Crippen LogP) is 2.28. The molecule has 14 heavy (non-hydrogen) atoms. The quantitative estimate of drug-likeness (QED) is 0.727. The van der Waals surface area contributed by atoms with E-state index in [1.54, 1.807) is 12.1 Å². The van der Waals surface area contributed by atoms with Crippen molar-refractivity contribution in [3.8, 4) is 0 Å². The average molecular weight is 193 g/mol. The Morgan fingerprint density at radius 3 is 3.00 bits per heavy atom. The largest absolute Gasteiger partial charge is 0.330 e. The average Bonchev–Trinajstić information content (AvgIpc) is 2.20. The molecule has 0 radical (unpaired) electrons. The second-order valence-electron chi connectivity index (χ2n) is 4.57. The Balaban J connectivity index is 2.38. The first-order valence-electron chi connectivity index (χ1n) is 5.11. The molecule has 0 amide bonds. The van der Waals surface area contributed by atoms with Crippen LogP contribution in [-0.2, 0) is 12.8 Å². The summed E-state index contributed by atoms with van der Waals surface area (Å²) in [7, 11) is 0. The molecule has 0 fully saturated rings. The van der Waals surface area contributed by atoms with Gasteiger partial charge in [0.15, 0.2) is 0 Å². The van der Waals surface area contributed by atoms with E-state index in [1.807, 2.05) is 6.07 Å². The lowest BCUT2D eigenvalue weighted by molar-refractivity contribution is 0.285. The molecule has 1 atom stereocenters. The molecular weight excluding hydrogens is 177 g/mol. The van der Waals surface area contributed by atoms with Crippen LogP contribution in [0.1, 0.15) is 24.5 Å². The Labute approximate surface area is 84.1 Å². The van der Waals surface area contributed by atoms with Crippen molar-refractivity contribution in [2.24, 2.45) is 11.1 Å². The van der Waals surface area contributed by atoms with E-state index in [0.717, 1.165) is 30.4 Å². The maximum Gasteiger partial charge on any atom is 0.126 e.